The fourth-order valence-electron chi connectivity index (χ4n) is 2.89. The molecule has 126 valence electrons. The van der Waals surface area contributed by atoms with Gasteiger partial charge in [0.15, 0.2) is 0 Å². The zero-order valence-electron chi connectivity index (χ0n) is 14.1. The van der Waals surface area contributed by atoms with Gasteiger partial charge in [-0.05, 0) is 36.8 Å². The van der Waals surface area contributed by atoms with Crippen LogP contribution in [0.3, 0.4) is 0 Å². The maximum Gasteiger partial charge on any atom is 0.142 e. The van der Waals surface area contributed by atoms with Crippen LogP contribution in [0.5, 0.6) is 5.75 Å². The van der Waals surface area contributed by atoms with Gasteiger partial charge in [0.1, 0.15) is 5.75 Å². The third kappa shape index (κ3) is 3.82. The monoisotopic (exact) mass is 343 g/mol. The first-order chi connectivity index (χ1) is 11.7. The minimum absolute atomic E-state index is 0.747. The van der Waals surface area contributed by atoms with Crippen molar-refractivity contribution in [1.29, 1.82) is 0 Å². The summed E-state index contributed by atoms with van der Waals surface area (Å²) in [6.07, 6.45) is 0. The molecule has 0 N–H and O–H groups in total. The third-order valence-electron chi connectivity index (χ3n) is 4.24. The van der Waals surface area contributed by atoms with Gasteiger partial charge in [0, 0.05) is 18.1 Å². The third-order valence-corrected chi connectivity index (χ3v) is 4.49. The van der Waals surface area contributed by atoms with Crippen molar-refractivity contribution >= 4 is 23.0 Å². The van der Waals surface area contributed by atoms with Crippen molar-refractivity contribution in [2.24, 2.45) is 5.10 Å². The Morgan fingerprint density at radius 3 is 2.33 bits per heavy atom. The lowest BCUT2D eigenvalue weighted by molar-refractivity contribution is 0.269. The molecule has 1 aliphatic heterocycles. The number of piperazine rings is 1. The molecule has 1 saturated heterocycles. The minimum Gasteiger partial charge on any atom is -0.495 e. The molecule has 0 atom stereocenters. The van der Waals surface area contributed by atoms with Gasteiger partial charge in [-0.1, -0.05) is 35.9 Å². The van der Waals surface area contributed by atoms with Crippen LogP contribution in [0.1, 0.15) is 12.5 Å². The summed E-state index contributed by atoms with van der Waals surface area (Å²) in [4.78, 5) is 2.35. The molecule has 0 bridgehead atoms. The highest BCUT2D eigenvalue weighted by Crippen LogP contribution is 2.28. The smallest absolute Gasteiger partial charge is 0.142 e. The van der Waals surface area contributed by atoms with Gasteiger partial charge in [-0.25, -0.2) is 0 Å². The second-order valence-electron chi connectivity index (χ2n) is 5.80. The Kier molecular flexibility index (Phi) is 5.26. The molecule has 2 aromatic rings. The Hall–Kier alpha value is -2.20. The van der Waals surface area contributed by atoms with E-state index >= 15 is 0 Å². The second-order valence-corrected chi connectivity index (χ2v) is 6.24. The number of nitrogens with zero attached hydrogens (tertiary/aromatic N) is 3. The van der Waals surface area contributed by atoms with Crippen LogP contribution in [0.2, 0.25) is 5.02 Å². The largest absolute Gasteiger partial charge is 0.495 e. The van der Waals surface area contributed by atoms with Crippen LogP contribution in [-0.4, -0.2) is 44.0 Å². The number of benzene rings is 2. The molecule has 5 heteroatoms. The molecule has 0 radical (unpaired) electrons. The Morgan fingerprint density at radius 2 is 1.67 bits per heavy atom. The SMILES string of the molecule is COc1ccccc1N1CCN(/N=C(/C)c2ccc(Cl)cc2)CC1. The van der Waals surface area contributed by atoms with Crippen LogP contribution in [-0.2, 0) is 0 Å². The molecule has 1 aliphatic rings. The van der Waals surface area contributed by atoms with Crippen LogP contribution < -0.4 is 9.64 Å². The molecule has 1 fully saturated rings. The predicted octanol–water partition coefficient (Wildman–Crippen LogP) is 3.89. The molecule has 0 spiro atoms. The van der Waals surface area contributed by atoms with E-state index in [0.29, 0.717) is 0 Å². The van der Waals surface area contributed by atoms with Crippen LogP contribution >= 0.6 is 11.6 Å². The Morgan fingerprint density at radius 1 is 1.00 bits per heavy atom. The topological polar surface area (TPSA) is 28.1 Å². The second kappa shape index (κ2) is 7.58. The van der Waals surface area contributed by atoms with Crippen molar-refractivity contribution in [2.75, 3.05) is 38.2 Å². The van der Waals surface area contributed by atoms with Gasteiger partial charge in [0.25, 0.3) is 0 Å². The maximum absolute atomic E-state index is 5.94. The molecule has 0 aromatic heterocycles. The van der Waals surface area contributed by atoms with Crippen molar-refractivity contribution in [3.8, 4) is 5.75 Å². The maximum atomic E-state index is 5.94. The Bertz CT molecular complexity index is 707. The first kappa shape index (κ1) is 16.7. The zero-order chi connectivity index (χ0) is 16.9. The van der Waals surface area contributed by atoms with E-state index in [2.05, 4.69) is 16.0 Å². The highest BCUT2D eigenvalue weighted by molar-refractivity contribution is 6.30. The van der Waals surface area contributed by atoms with E-state index < -0.39 is 0 Å². The van der Waals surface area contributed by atoms with Gasteiger partial charge in [-0.2, -0.15) is 5.10 Å². The number of anilines is 1. The molecular weight excluding hydrogens is 322 g/mol. The van der Waals surface area contributed by atoms with Crippen molar-refractivity contribution in [3.05, 3.63) is 59.1 Å². The molecule has 4 nitrogen and oxygen atoms in total. The normalized spacial score (nSPS) is 15.5. The summed E-state index contributed by atoms with van der Waals surface area (Å²) >= 11 is 5.94. The number of ether oxygens (including phenoxy) is 1. The average Bonchev–Trinajstić information content (AvgIpc) is 2.63. The highest BCUT2D eigenvalue weighted by atomic mass is 35.5. The first-order valence-corrected chi connectivity index (χ1v) is 8.49. The van der Waals surface area contributed by atoms with Crippen LogP contribution in [0.15, 0.2) is 53.6 Å². The standard InChI is InChI=1S/C19H22ClN3O/c1-15(16-7-9-17(20)10-8-16)21-23-13-11-22(12-14-23)18-5-3-4-6-19(18)24-2/h3-10H,11-14H2,1-2H3/b21-15-. The van der Waals surface area contributed by atoms with E-state index in [1.807, 2.05) is 49.4 Å². The van der Waals surface area contributed by atoms with Gasteiger partial charge >= 0.3 is 0 Å². The molecule has 24 heavy (non-hydrogen) atoms. The number of hydrogen-bond acceptors (Lipinski definition) is 4. The quantitative estimate of drug-likeness (QED) is 0.788. The number of para-hydroxylation sites is 2. The summed E-state index contributed by atoms with van der Waals surface area (Å²) in [6, 6.07) is 16.0. The van der Waals surface area contributed by atoms with Gasteiger partial charge in [0.05, 0.1) is 31.6 Å². The fourth-order valence-corrected chi connectivity index (χ4v) is 3.01. The summed E-state index contributed by atoms with van der Waals surface area (Å²) in [5.41, 5.74) is 3.27. The van der Waals surface area contributed by atoms with E-state index in [0.717, 1.165) is 53.9 Å². The van der Waals surface area contributed by atoms with Gasteiger partial charge < -0.3 is 9.64 Å². The minimum atomic E-state index is 0.747. The van der Waals surface area contributed by atoms with Crippen molar-refractivity contribution in [1.82, 2.24) is 5.01 Å². The van der Waals surface area contributed by atoms with Crippen molar-refractivity contribution in [3.63, 3.8) is 0 Å². The summed E-state index contributed by atoms with van der Waals surface area (Å²) in [5, 5.41) is 7.64. The molecule has 0 aliphatic carbocycles. The van der Waals surface area contributed by atoms with Crippen LogP contribution in [0.4, 0.5) is 5.69 Å². The lowest BCUT2D eigenvalue weighted by atomic mass is 10.1. The van der Waals surface area contributed by atoms with Gasteiger partial charge in [-0.15, -0.1) is 0 Å². The summed E-state index contributed by atoms with van der Waals surface area (Å²) in [6.45, 7) is 5.68. The average molecular weight is 344 g/mol. The van der Waals surface area contributed by atoms with Crippen LogP contribution in [0, 0.1) is 0 Å². The number of hydrogen-bond donors (Lipinski definition) is 0. The zero-order valence-corrected chi connectivity index (χ0v) is 14.8. The lowest BCUT2D eigenvalue weighted by Crippen LogP contribution is -2.44. The summed E-state index contributed by atoms with van der Waals surface area (Å²) < 4.78 is 5.46. The number of halogens is 1. The van der Waals surface area contributed by atoms with Crippen molar-refractivity contribution < 1.29 is 4.74 Å². The summed E-state index contributed by atoms with van der Waals surface area (Å²) in [7, 11) is 1.72. The Labute approximate surface area is 148 Å². The van der Waals surface area contributed by atoms with Crippen molar-refractivity contribution in [2.45, 2.75) is 6.92 Å². The molecule has 0 amide bonds. The van der Waals surface area contributed by atoms with Crippen LogP contribution in [0.25, 0.3) is 0 Å². The molecule has 0 unspecified atom stereocenters. The predicted molar refractivity (Wildman–Crippen MR) is 100 cm³/mol. The summed E-state index contributed by atoms with van der Waals surface area (Å²) in [5.74, 6) is 0.923. The first-order valence-electron chi connectivity index (χ1n) is 8.11. The van der Waals surface area contributed by atoms with E-state index in [9.17, 15) is 0 Å². The number of hydrazone groups is 1. The Balaban J connectivity index is 1.64. The molecule has 0 saturated carbocycles. The lowest BCUT2D eigenvalue weighted by Gasteiger charge is -2.35. The number of rotatable bonds is 4. The van der Waals surface area contributed by atoms with E-state index in [1.54, 1.807) is 7.11 Å². The molecule has 3 rings (SSSR count). The molecule has 2 aromatic carbocycles. The van der Waals surface area contributed by atoms with E-state index in [-0.39, 0.29) is 0 Å². The molecular formula is C19H22ClN3O. The fraction of sp³-hybridized carbons (Fsp3) is 0.316. The van der Waals surface area contributed by atoms with E-state index in [1.165, 1.54) is 0 Å². The van der Waals surface area contributed by atoms with Gasteiger partial charge in [-0.3, -0.25) is 5.01 Å². The highest BCUT2D eigenvalue weighted by Gasteiger charge is 2.18. The molecule has 1 heterocycles. The van der Waals surface area contributed by atoms with Gasteiger partial charge in [0.2, 0.25) is 0 Å². The van der Waals surface area contributed by atoms with E-state index in [4.69, 9.17) is 21.4 Å². The number of methoxy groups -OCH3 is 1.